The van der Waals surface area contributed by atoms with Crippen LogP contribution in [0.2, 0.25) is 0 Å². The summed E-state index contributed by atoms with van der Waals surface area (Å²) in [6, 6.07) is 2.19. The van der Waals surface area contributed by atoms with Crippen molar-refractivity contribution in [1.29, 1.82) is 0 Å². The van der Waals surface area contributed by atoms with Crippen LogP contribution < -0.4 is 5.32 Å². The zero-order valence-electron chi connectivity index (χ0n) is 12.4. The summed E-state index contributed by atoms with van der Waals surface area (Å²) in [6.07, 6.45) is 4.07. The molecule has 0 radical (unpaired) electrons. The standard InChI is InChI=1S/C15H22N4O/c1-11-13-8-12(9-16-14(13)19(3)18-11)10-17-15(2)4-6-20-7-5-15/h8-9,17H,4-7,10H2,1-3H3. The van der Waals surface area contributed by atoms with Crippen LogP contribution in [0.25, 0.3) is 11.0 Å². The molecule has 108 valence electrons. The molecule has 0 saturated carbocycles. The van der Waals surface area contributed by atoms with Crippen LogP contribution in [0, 0.1) is 6.92 Å². The van der Waals surface area contributed by atoms with Gasteiger partial charge in [0.1, 0.15) is 0 Å². The van der Waals surface area contributed by atoms with E-state index in [1.165, 1.54) is 5.56 Å². The molecule has 2 aromatic heterocycles. The second-order valence-corrected chi connectivity index (χ2v) is 5.95. The van der Waals surface area contributed by atoms with Crippen LogP contribution in [-0.4, -0.2) is 33.5 Å². The Morgan fingerprint density at radius 1 is 1.40 bits per heavy atom. The van der Waals surface area contributed by atoms with Gasteiger partial charge in [-0.2, -0.15) is 5.10 Å². The molecule has 1 aliphatic rings. The van der Waals surface area contributed by atoms with Crippen LogP contribution in [0.3, 0.4) is 0 Å². The maximum atomic E-state index is 5.43. The first kappa shape index (κ1) is 13.5. The molecule has 0 aromatic carbocycles. The van der Waals surface area contributed by atoms with Gasteiger partial charge in [0, 0.05) is 43.9 Å². The van der Waals surface area contributed by atoms with Crippen molar-refractivity contribution >= 4 is 11.0 Å². The van der Waals surface area contributed by atoms with Crippen LogP contribution in [-0.2, 0) is 18.3 Å². The number of aromatic nitrogens is 3. The minimum Gasteiger partial charge on any atom is -0.381 e. The molecule has 1 fully saturated rings. The lowest BCUT2D eigenvalue weighted by molar-refractivity contribution is 0.0446. The molecule has 0 atom stereocenters. The molecular formula is C15H22N4O. The summed E-state index contributed by atoms with van der Waals surface area (Å²) < 4.78 is 7.26. The van der Waals surface area contributed by atoms with Crippen molar-refractivity contribution < 1.29 is 4.74 Å². The van der Waals surface area contributed by atoms with Crippen LogP contribution in [0.4, 0.5) is 0 Å². The Labute approximate surface area is 119 Å². The predicted molar refractivity (Wildman–Crippen MR) is 78.5 cm³/mol. The van der Waals surface area contributed by atoms with Gasteiger partial charge in [0.05, 0.1) is 5.69 Å². The maximum absolute atomic E-state index is 5.43. The minimum atomic E-state index is 0.178. The van der Waals surface area contributed by atoms with Crippen molar-refractivity contribution in [2.24, 2.45) is 7.05 Å². The van der Waals surface area contributed by atoms with E-state index in [4.69, 9.17) is 4.74 Å². The number of ether oxygens (including phenoxy) is 1. The summed E-state index contributed by atoms with van der Waals surface area (Å²) in [6.45, 7) is 6.84. The van der Waals surface area contributed by atoms with Crippen LogP contribution in [0.15, 0.2) is 12.3 Å². The summed E-state index contributed by atoms with van der Waals surface area (Å²) in [5.41, 5.74) is 3.37. The highest BCUT2D eigenvalue weighted by Gasteiger charge is 2.26. The van der Waals surface area contributed by atoms with E-state index in [-0.39, 0.29) is 5.54 Å². The first-order valence-corrected chi connectivity index (χ1v) is 7.18. The average molecular weight is 274 g/mol. The topological polar surface area (TPSA) is 52.0 Å². The Morgan fingerprint density at radius 3 is 2.90 bits per heavy atom. The van der Waals surface area contributed by atoms with Crippen molar-refractivity contribution in [3.63, 3.8) is 0 Å². The van der Waals surface area contributed by atoms with Crippen LogP contribution >= 0.6 is 0 Å². The van der Waals surface area contributed by atoms with E-state index >= 15 is 0 Å². The third-order valence-corrected chi connectivity index (χ3v) is 4.24. The predicted octanol–water partition coefficient (Wildman–Crippen LogP) is 1.94. The lowest BCUT2D eigenvalue weighted by Crippen LogP contribution is -2.46. The highest BCUT2D eigenvalue weighted by Crippen LogP contribution is 2.21. The molecule has 0 aliphatic carbocycles. The Morgan fingerprint density at radius 2 is 2.15 bits per heavy atom. The molecule has 1 aliphatic heterocycles. The fourth-order valence-electron chi connectivity index (χ4n) is 2.76. The molecule has 0 amide bonds. The smallest absolute Gasteiger partial charge is 0.157 e. The lowest BCUT2D eigenvalue weighted by atomic mass is 9.92. The number of fused-ring (bicyclic) bond motifs is 1. The largest absolute Gasteiger partial charge is 0.381 e. The van der Waals surface area contributed by atoms with Gasteiger partial charge in [-0.15, -0.1) is 0 Å². The molecule has 5 heteroatoms. The second-order valence-electron chi connectivity index (χ2n) is 5.95. The van der Waals surface area contributed by atoms with Crippen molar-refractivity contribution in [3.05, 3.63) is 23.5 Å². The van der Waals surface area contributed by atoms with E-state index in [1.807, 2.05) is 24.9 Å². The van der Waals surface area contributed by atoms with E-state index < -0.39 is 0 Å². The van der Waals surface area contributed by atoms with Crippen molar-refractivity contribution in [2.75, 3.05) is 13.2 Å². The molecule has 0 unspecified atom stereocenters. The maximum Gasteiger partial charge on any atom is 0.157 e. The monoisotopic (exact) mass is 274 g/mol. The van der Waals surface area contributed by atoms with Gasteiger partial charge in [0.15, 0.2) is 5.65 Å². The SMILES string of the molecule is Cc1nn(C)c2ncc(CNC3(C)CCOCC3)cc12. The van der Waals surface area contributed by atoms with E-state index in [2.05, 4.69) is 28.4 Å². The van der Waals surface area contributed by atoms with Crippen LogP contribution in [0.5, 0.6) is 0 Å². The number of rotatable bonds is 3. The first-order valence-electron chi connectivity index (χ1n) is 7.18. The lowest BCUT2D eigenvalue weighted by Gasteiger charge is -2.34. The molecule has 1 saturated heterocycles. The molecule has 3 heterocycles. The van der Waals surface area contributed by atoms with E-state index in [1.54, 1.807) is 0 Å². The van der Waals surface area contributed by atoms with E-state index in [9.17, 15) is 0 Å². The second kappa shape index (κ2) is 5.14. The third-order valence-electron chi connectivity index (χ3n) is 4.24. The molecule has 0 spiro atoms. The molecule has 1 N–H and O–H groups in total. The van der Waals surface area contributed by atoms with Gasteiger partial charge in [-0.25, -0.2) is 4.98 Å². The Kier molecular flexibility index (Phi) is 3.48. The number of aryl methyl sites for hydroxylation is 2. The van der Waals surface area contributed by atoms with Gasteiger partial charge in [0.25, 0.3) is 0 Å². The Bertz CT molecular complexity index is 614. The zero-order valence-corrected chi connectivity index (χ0v) is 12.4. The Hall–Kier alpha value is -1.46. The van der Waals surface area contributed by atoms with Crippen LogP contribution in [0.1, 0.15) is 31.0 Å². The number of hydrogen-bond donors (Lipinski definition) is 1. The van der Waals surface area contributed by atoms with Gasteiger partial charge < -0.3 is 10.1 Å². The quantitative estimate of drug-likeness (QED) is 0.929. The highest BCUT2D eigenvalue weighted by atomic mass is 16.5. The Balaban J connectivity index is 1.76. The van der Waals surface area contributed by atoms with Crippen molar-refractivity contribution in [3.8, 4) is 0 Å². The number of pyridine rings is 1. The summed E-state index contributed by atoms with van der Waals surface area (Å²) >= 11 is 0. The molecule has 0 bridgehead atoms. The highest BCUT2D eigenvalue weighted by molar-refractivity contribution is 5.78. The van der Waals surface area contributed by atoms with Gasteiger partial charge in [-0.1, -0.05) is 0 Å². The fraction of sp³-hybridized carbons (Fsp3) is 0.600. The molecular weight excluding hydrogens is 252 g/mol. The molecule has 2 aromatic rings. The molecule has 20 heavy (non-hydrogen) atoms. The summed E-state index contributed by atoms with van der Waals surface area (Å²) in [7, 11) is 1.93. The van der Waals surface area contributed by atoms with Gasteiger partial charge in [-0.3, -0.25) is 4.68 Å². The summed E-state index contributed by atoms with van der Waals surface area (Å²) in [5, 5.41) is 9.21. The zero-order chi connectivity index (χ0) is 14.2. The van der Waals surface area contributed by atoms with Gasteiger partial charge >= 0.3 is 0 Å². The average Bonchev–Trinajstić information content (AvgIpc) is 2.73. The van der Waals surface area contributed by atoms with Gasteiger partial charge in [-0.05, 0) is 38.3 Å². The fourth-order valence-corrected chi connectivity index (χ4v) is 2.76. The molecule has 5 nitrogen and oxygen atoms in total. The first-order chi connectivity index (χ1) is 9.57. The third kappa shape index (κ3) is 2.55. The van der Waals surface area contributed by atoms with Crippen molar-refractivity contribution in [2.45, 2.75) is 38.8 Å². The summed E-state index contributed by atoms with van der Waals surface area (Å²) in [5.74, 6) is 0. The minimum absolute atomic E-state index is 0.178. The number of nitrogens with one attached hydrogen (secondary N) is 1. The van der Waals surface area contributed by atoms with E-state index in [0.717, 1.165) is 49.3 Å². The normalized spacial score (nSPS) is 18.6. The van der Waals surface area contributed by atoms with E-state index in [0.29, 0.717) is 0 Å². The molecule has 3 rings (SSSR count). The van der Waals surface area contributed by atoms with Gasteiger partial charge in [0.2, 0.25) is 0 Å². The van der Waals surface area contributed by atoms with Crippen molar-refractivity contribution in [1.82, 2.24) is 20.1 Å². The number of hydrogen-bond acceptors (Lipinski definition) is 4. The summed E-state index contributed by atoms with van der Waals surface area (Å²) in [4.78, 5) is 4.52. The number of nitrogens with zero attached hydrogens (tertiary/aromatic N) is 3.